The second kappa shape index (κ2) is 6.24. The van der Waals surface area contributed by atoms with Crippen molar-refractivity contribution in [1.82, 2.24) is 5.32 Å². The predicted molar refractivity (Wildman–Crippen MR) is 69.3 cm³/mol. The minimum Gasteiger partial charge on any atom is -0.386 e. The summed E-state index contributed by atoms with van der Waals surface area (Å²) in [5, 5.41) is 13.3. The van der Waals surface area contributed by atoms with E-state index >= 15 is 0 Å². The van der Waals surface area contributed by atoms with Crippen molar-refractivity contribution < 1.29 is 9.90 Å². The van der Waals surface area contributed by atoms with Gasteiger partial charge < -0.3 is 10.4 Å². The van der Waals surface area contributed by atoms with E-state index in [1.54, 1.807) is 32.0 Å². The highest BCUT2D eigenvalue weighted by atomic mass is 35.5. The van der Waals surface area contributed by atoms with E-state index in [-0.39, 0.29) is 18.4 Å². The van der Waals surface area contributed by atoms with Crippen molar-refractivity contribution in [2.45, 2.75) is 20.0 Å². The van der Waals surface area contributed by atoms with Gasteiger partial charge in [0.1, 0.15) is 0 Å². The smallest absolute Gasteiger partial charge is 0.222 e. The molecule has 1 amide bonds. The zero-order chi connectivity index (χ0) is 13.0. The minimum atomic E-state index is -0.904. The molecule has 0 aromatic heterocycles. The number of hydrogen-bond donors (Lipinski definition) is 2. The van der Waals surface area contributed by atoms with Crippen LogP contribution in [0.1, 0.15) is 25.5 Å². The molecule has 0 spiro atoms. The summed E-state index contributed by atoms with van der Waals surface area (Å²) in [6.07, 6.45) is -0.904. The van der Waals surface area contributed by atoms with Crippen molar-refractivity contribution >= 4 is 29.1 Å². The molecule has 1 rings (SSSR count). The average molecular weight is 276 g/mol. The summed E-state index contributed by atoms with van der Waals surface area (Å²) < 4.78 is 0. The SMILES string of the molecule is CC(C)C(=O)NCC(O)c1c(Cl)cccc1Cl. The Morgan fingerprint density at radius 3 is 2.35 bits per heavy atom. The molecule has 1 atom stereocenters. The van der Waals surface area contributed by atoms with Crippen molar-refractivity contribution in [2.75, 3.05) is 6.54 Å². The Morgan fingerprint density at radius 2 is 1.88 bits per heavy atom. The van der Waals surface area contributed by atoms with Gasteiger partial charge in [0.25, 0.3) is 0 Å². The van der Waals surface area contributed by atoms with Crippen molar-refractivity contribution in [1.29, 1.82) is 0 Å². The zero-order valence-corrected chi connectivity index (χ0v) is 11.2. The fourth-order valence-corrected chi connectivity index (χ4v) is 1.98. The lowest BCUT2D eigenvalue weighted by molar-refractivity contribution is -0.124. The molecule has 2 N–H and O–H groups in total. The first-order valence-corrected chi connectivity index (χ1v) is 6.08. The summed E-state index contributed by atoms with van der Waals surface area (Å²) in [4.78, 5) is 11.4. The molecular formula is C12H15Cl2NO2. The Morgan fingerprint density at radius 1 is 1.35 bits per heavy atom. The van der Waals surface area contributed by atoms with Gasteiger partial charge in [-0.1, -0.05) is 43.1 Å². The second-order valence-corrected chi connectivity index (χ2v) is 4.87. The molecule has 1 aromatic carbocycles. The highest BCUT2D eigenvalue weighted by Gasteiger charge is 2.16. The molecule has 1 aromatic rings. The molecule has 94 valence electrons. The highest BCUT2D eigenvalue weighted by Crippen LogP contribution is 2.29. The monoisotopic (exact) mass is 275 g/mol. The van der Waals surface area contributed by atoms with Gasteiger partial charge in [-0.3, -0.25) is 4.79 Å². The van der Waals surface area contributed by atoms with Gasteiger partial charge in [-0.15, -0.1) is 0 Å². The standard InChI is InChI=1S/C12H15Cl2NO2/c1-7(2)12(17)15-6-10(16)11-8(13)4-3-5-9(11)14/h3-5,7,10,16H,6H2,1-2H3,(H,15,17). The Labute approximate surface area is 111 Å². The van der Waals surface area contributed by atoms with E-state index in [4.69, 9.17) is 23.2 Å². The number of nitrogens with one attached hydrogen (secondary N) is 1. The first kappa shape index (κ1) is 14.3. The molecule has 3 nitrogen and oxygen atoms in total. The summed E-state index contributed by atoms with van der Waals surface area (Å²) in [7, 11) is 0. The molecule has 0 bridgehead atoms. The fraction of sp³-hybridized carbons (Fsp3) is 0.417. The van der Waals surface area contributed by atoms with E-state index in [0.29, 0.717) is 15.6 Å². The van der Waals surface area contributed by atoms with E-state index in [0.717, 1.165) is 0 Å². The molecule has 0 heterocycles. The maximum absolute atomic E-state index is 11.4. The first-order valence-electron chi connectivity index (χ1n) is 5.33. The third-order valence-corrected chi connectivity index (χ3v) is 2.99. The highest BCUT2D eigenvalue weighted by molar-refractivity contribution is 6.36. The van der Waals surface area contributed by atoms with Gasteiger partial charge in [0.05, 0.1) is 6.10 Å². The topological polar surface area (TPSA) is 49.3 Å². The van der Waals surface area contributed by atoms with Gasteiger partial charge in [-0.2, -0.15) is 0 Å². The summed E-state index contributed by atoms with van der Waals surface area (Å²) >= 11 is 11.9. The molecule has 0 saturated carbocycles. The van der Waals surface area contributed by atoms with Crippen LogP contribution in [0, 0.1) is 5.92 Å². The Hall–Kier alpha value is -0.770. The Balaban J connectivity index is 2.70. The van der Waals surface area contributed by atoms with Gasteiger partial charge in [-0.05, 0) is 12.1 Å². The van der Waals surface area contributed by atoms with Gasteiger partial charge in [0, 0.05) is 28.1 Å². The summed E-state index contributed by atoms with van der Waals surface area (Å²) in [6, 6.07) is 5.00. The Kier molecular flexibility index (Phi) is 5.25. The van der Waals surface area contributed by atoms with Crippen LogP contribution in [0.25, 0.3) is 0 Å². The lowest BCUT2D eigenvalue weighted by atomic mass is 10.1. The number of hydrogen-bond acceptors (Lipinski definition) is 2. The van der Waals surface area contributed by atoms with Gasteiger partial charge in [-0.25, -0.2) is 0 Å². The maximum Gasteiger partial charge on any atom is 0.222 e. The lowest BCUT2D eigenvalue weighted by Gasteiger charge is -2.16. The predicted octanol–water partition coefficient (Wildman–Crippen LogP) is 2.80. The number of carbonyl (C=O) groups excluding carboxylic acids is 1. The van der Waals surface area contributed by atoms with Crippen LogP contribution in [0.3, 0.4) is 0 Å². The van der Waals surface area contributed by atoms with E-state index in [2.05, 4.69) is 5.32 Å². The minimum absolute atomic E-state index is 0.0977. The van der Waals surface area contributed by atoms with Gasteiger partial charge >= 0.3 is 0 Å². The molecule has 5 heteroatoms. The van der Waals surface area contributed by atoms with Crippen molar-refractivity contribution in [2.24, 2.45) is 5.92 Å². The van der Waals surface area contributed by atoms with Crippen LogP contribution in [-0.2, 0) is 4.79 Å². The van der Waals surface area contributed by atoms with Crippen LogP contribution in [-0.4, -0.2) is 17.6 Å². The first-order chi connectivity index (χ1) is 7.93. The average Bonchev–Trinajstić information content (AvgIpc) is 2.25. The van der Waals surface area contributed by atoms with Crippen LogP contribution in [0.2, 0.25) is 10.0 Å². The molecule has 0 radical (unpaired) electrons. The van der Waals surface area contributed by atoms with Crippen molar-refractivity contribution in [3.8, 4) is 0 Å². The number of halogens is 2. The normalized spacial score (nSPS) is 12.6. The van der Waals surface area contributed by atoms with Crippen LogP contribution in [0.15, 0.2) is 18.2 Å². The van der Waals surface area contributed by atoms with Crippen LogP contribution in [0.4, 0.5) is 0 Å². The van der Waals surface area contributed by atoms with Gasteiger partial charge in [0.2, 0.25) is 5.91 Å². The van der Waals surface area contributed by atoms with E-state index in [1.807, 2.05) is 0 Å². The zero-order valence-electron chi connectivity index (χ0n) is 9.71. The molecule has 1 unspecified atom stereocenters. The van der Waals surface area contributed by atoms with Crippen LogP contribution < -0.4 is 5.32 Å². The van der Waals surface area contributed by atoms with Crippen molar-refractivity contribution in [3.63, 3.8) is 0 Å². The number of benzene rings is 1. The third kappa shape index (κ3) is 3.87. The molecule has 0 aliphatic carbocycles. The summed E-state index contributed by atoms with van der Waals surface area (Å²) in [5.74, 6) is -0.240. The summed E-state index contributed by atoms with van der Waals surface area (Å²) in [5.41, 5.74) is 0.444. The second-order valence-electron chi connectivity index (χ2n) is 4.05. The number of carbonyl (C=O) groups is 1. The molecule has 0 saturated heterocycles. The molecule has 0 fully saturated rings. The number of aliphatic hydroxyl groups excluding tert-OH is 1. The van der Waals surface area contributed by atoms with E-state index in [1.165, 1.54) is 0 Å². The van der Waals surface area contributed by atoms with E-state index < -0.39 is 6.10 Å². The molecule has 0 aliphatic heterocycles. The molecule has 0 aliphatic rings. The quantitative estimate of drug-likeness (QED) is 0.888. The van der Waals surface area contributed by atoms with Crippen molar-refractivity contribution in [3.05, 3.63) is 33.8 Å². The molecule has 17 heavy (non-hydrogen) atoms. The number of amides is 1. The largest absolute Gasteiger partial charge is 0.386 e. The van der Waals surface area contributed by atoms with E-state index in [9.17, 15) is 9.90 Å². The fourth-order valence-electron chi connectivity index (χ4n) is 1.33. The maximum atomic E-state index is 11.4. The molecular weight excluding hydrogens is 261 g/mol. The number of rotatable bonds is 4. The van der Waals surface area contributed by atoms with Crippen LogP contribution >= 0.6 is 23.2 Å². The van der Waals surface area contributed by atoms with Gasteiger partial charge in [0.15, 0.2) is 0 Å². The third-order valence-electron chi connectivity index (χ3n) is 2.33. The lowest BCUT2D eigenvalue weighted by Crippen LogP contribution is -2.31. The summed E-state index contributed by atoms with van der Waals surface area (Å²) in [6.45, 7) is 3.66. The number of aliphatic hydroxyl groups is 1. The Bertz CT molecular complexity index is 387. The van der Waals surface area contributed by atoms with Crippen LogP contribution in [0.5, 0.6) is 0 Å².